The molecule has 0 aliphatic carbocycles. The van der Waals surface area contributed by atoms with Crippen molar-refractivity contribution in [2.24, 2.45) is 0 Å². The van der Waals surface area contributed by atoms with Crippen molar-refractivity contribution < 1.29 is 0 Å². The summed E-state index contributed by atoms with van der Waals surface area (Å²) in [5, 5.41) is 5.68. The predicted octanol–water partition coefficient (Wildman–Crippen LogP) is 13.1. The Bertz CT molecular complexity index is 3240. The Balaban J connectivity index is 0.953. The maximum absolute atomic E-state index is 5.29. The lowest BCUT2D eigenvalue weighted by atomic mass is 9.95. The largest absolute Gasteiger partial charge is 0.292 e. The molecule has 55 heavy (non-hydrogen) atoms. The maximum atomic E-state index is 5.29. The number of hydrogen-bond donors (Lipinski definition) is 0. The molecule has 0 fully saturated rings. The number of nitrogens with zero attached hydrogens (tertiary/aromatic N) is 4. The van der Waals surface area contributed by atoms with Gasteiger partial charge in [-0.1, -0.05) is 146 Å². The summed E-state index contributed by atoms with van der Waals surface area (Å²) in [6, 6.07) is 68.5. The van der Waals surface area contributed by atoms with E-state index < -0.39 is 0 Å². The number of imidazole rings is 1. The molecule has 8 aromatic carbocycles. The molecule has 0 aliphatic rings. The number of rotatable bonds is 5. The molecule has 0 radical (unpaired) electrons. The fourth-order valence-electron chi connectivity index (χ4n) is 8.07. The van der Waals surface area contributed by atoms with E-state index in [1.807, 2.05) is 12.1 Å². The van der Waals surface area contributed by atoms with Gasteiger partial charge in [-0.2, -0.15) is 0 Å². The zero-order valence-electron chi connectivity index (χ0n) is 29.8. The molecule has 3 heterocycles. The number of hydrogen-bond acceptors (Lipinski definition) is 3. The molecule has 4 nitrogen and oxygen atoms in total. The van der Waals surface area contributed by atoms with Crippen molar-refractivity contribution in [2.75, 3.05) is 0 Å². The Kier molecular flexibility index (Phi) is 7.14. The lowest BCUT2D eigenvalue weighted by Crippen LogP contribution is -1.97. The summed E-state index contributed by atoms with van der Waals surface area (Å²) in [4.78, 5) is 15.5. The average Bonchev–Trinajstić information content (AvgIpc) is 3.65. The van der Waals surface area contributed by atoms with Crippen molar-refractivity contribution in [1.82, 2.24) is 19.5 Å². The van der Waals surface area contributed by atoms with Crippen molar-refractivity contribution in [3.8, 4) is 50.6 Å². The van der Waals surface area contributed by atoms with Crippen molar-refractivity contribution in [1.29, 1.82) is 0 Å². The van der Waals surface area contributed by atoms with E-state index in [4.69, 9.17) is 15.0 Å². The van der Waals surface area contributed by atoms with E-state index >= 15 is 0 Å². The Labute approximate surface area is 317 Å². The fraction of sp³-hybridized carbons (Fsp3) is 0. The van der Waals surface area contributed by atoms with Gasteiger partial charge in [0, 0.05) is 38.5 Å². The summed E-state index contributed by atoms with van der Waals surface area (Å²) in [5.41, 5.74) is 13.8. The van der Waals surface area contributed by atoms with E-state index in [9.17, 15) is 0 Å². The number of aromatic nitrogens is 4. The van der Waals surface area contributed by atoms with E-state index in [1.54, 1.807) is 0 Å². The van der Waals surface area contributed by atoms with Crippen LogP contribution in [0.25, 0.3) is 105 Å². The van der Waals surface area contributed by atoms with Crippen LogP contribution >= 0.6 is 0 Å². The van der Waals surface area contributed by atoms with Crippen LogP contribution in [0.3, 0.4) is 0 Å². The fourth-order valence-corrected chi connectivity index (χ4v) is 8.07. The van der Waals surface area contributed by atoms with Crippen LogP contribution in [-0.2, 0) is 0 Å². The second kappa shape index (κ2) is 12.6. The summed E-state index contributed by atoms with van der Waals surface area (Å²) < 4.78 is 2.24. The van der Waals surface area contributed by atoms with Crippen LogP contribution < -0.4 is 0 Å². The molecular weight excluding hydrogens is 669 g/mol. The Hall–Kier alpha value is -7.43. The third-order valence-corrected chi connectivity index (χ3v) is 10.8. The van der Waals surface area contributed by atoms with E-state index in [0.717, 1.165) is 77.6 Å². The van der Waals surface area contributed by atoms with Crippen LogP contribution in [0.2, 0.25) is 0 Å². The van der Waals surface area contributed by atoms with E-state index in [-0.39, 0.29) is 0 Å². The molecule has 4 heteroatoms. The number of fused-ring (bicyclic) bond motifs is 6. The Morgan fingerprint density at radius 2 is 0.964 bits per heavy atom. The highest BCUT2D eigenvalue weighted by atomic mass is 15.1. The predicted molar refractivity (Wildman–Crippen MR) is 228 cm³/mol. The van der Waals surface area contributed by atoms with Gasteiger partial charge in [0.05, 0.1) is 33.3 Å². The van der Waals surface area contributed by atoms with Crippen LogP contribution in [0.5, 0.6) is 0 Å². The van der Waals surface area contributed by atoms with Gasteiger partial charge in [-0.05, 0) is 76.0 Å². The average molecular weight is 701 g/mol. The van der Waals surface area contributed by atoms with Crippen molar-refractivity contribution in [3.63, 3.8) is 0 Å². The summed E-state index contributed by atoms with van der Waals surface area (Å²) in [7, 11) is 0. The number of para-hydroxylation sites is 4. The summed E-state index contributed by atoms with van der Waals surface area (Å²) >= 11 is 0. The minimum absolute atomic E-state index is 0.913. The normalized spacial score (nSPS) is 11.6. The monoisotopic (exact) mass is 700 g/mol. The molecule has 0 unspecified atom stereocenters. The minimum Gasteiger partial charge on any atom is -0.292 e. The Morgan fingerprint density at radius 1 is 0.345 bits per heavy atom. The van der Waals surface area contributed by atoms with Crippen LogP contribution in [0.1, 0.15) is 0 Å². The third-order valence-electron chi connectivity index (χ3n) is 10.8. The van der Waals surface area contributed by atoms with E-state index in [1.165, 1.54) is 27.5 Å². The molecule has 0 spiro atoms. The SMILES string of the molecule is c1ccc(-c2c3ccccc3nc3c2ccc2ccc(-c4ccc5cc(-c6ccc(-c7nc8ccccc8n7-c7ccccc7)cc6)ccc5c4)nc23)cc1. The van der Waals surface area contributed by atoms with Crippen molar-refractivity contribution in [3.05, 3.63) is 194 Å². The first-order chi connectivity index (χ1) is 27.2. The van der Waals surface area contributed by atoms with Gasteiger partial charge >= 0.3 is 0 Å². The topological polar surface area (TPSA) is 43.6 Å². The lowest BCUT2D eigenvalue weighted by molar-refractivity contribution is 1.10. The standard InChI is InChI=1S/C51H32N4/c1-3-11-34(12-4-1)48-42-15-7-8-16-45(42)53-50-43(48)29-27-35-28-30-44(52-49(35)50)40-26-25-38-31-37(23-24-39(38)32-40)33-19-21-36(22-20-33)51-54-46-17-9-10-18-47(46)55(51)41-13-5-2-6-14-41/h1-32H. The maximum Gasteiger partial charge on any atom is 0.145 e. The molecule has 0 N–H and O–H groups in total. The smallest absolute Gasteiger partial charge is 0.145 e. The molecule has 11 rings (SSSR count). The van der Waals surface area contributed by atoms with Crippen LogP contribution in [0, 0.1) is 0 Å². The lowest BCUT2D eigenvalue weighted by Gasteiger charge is -2.13. The molecule has 0 amide bonds. The first-order valence-electron chi connectivity index (χ1n) is 18.6. The molecule has 3 aromatic heterocycles. The van der Waals surface area contributed by atoms with Crippen LogP contribution in [-0.4, -0.2) is 19.5 Å². The summed E-state index contributed by atoms with van der Waals surface area (Å²) in [6.07, 6.45) is 0. The van der Waals surface area contributed by atoms with Gasteiger partial charge in [-0.15, -0.1) is 0 Å². The van der Waals surface area contributed by atoms with Gasteiger partial charge in [0.25, 0.3) is 0 Å². The number of benzene rings is 8. The molecule has 256 valence electrons. The molecule has 0 bridgehead atoms. The zero-order chi connectivity index (χ0) is 36.3. The van der Waals surface area contributed by atoms with E-state index in [2.05, 4.69) is 187 Å². The van der Waals surface area contributed by atoms with Crippen molar-refractivity contribution in [2.45, 2.75) is 0 Å². The van der Waals surface area contributed by atoms with Gasteiger partial charge in [-0.3, -0.25) is 4.57 Å². The third kappa shape index (κ3) is 5.26. The van der Waals surface area contributed by atoms with Crippen LogP contribution in [0.4, 0.5) is 0 Å². The highest BCUT2D eigenvalue weighted by Gasteiger charge is 2.16. The van der Waals surface area contributed by atoms with Gasteiger partial charge in [0.15, 0.2) is 0 Å². The van der Waals surface area contributed by atoms with Crippen molar-refractivity contribution >= 4 is 54.5 Å². The quantitative estimate of drug-likeness (QED) is 0.133. The van der Waals surface area contributed by atoms with Gasteiger partial charge in [0.2, 0.25) is 0 Å². The summed E-state index contributed by atoms with van der Waals surface area (Å²) in [5.74, 6) is 0.932. The first kappa shape index (κ1) is 31.1. The van der Waals surface area contributed by atoms with Crippen LogP contribution in [0.15, 0.2) is 194 Å². The molecule has 0 aliphatic heterocycles. The molecule has 0 saturated carbocycles. The first-order valence-corrected chi connectivity index (χ1v) is 18.6. The molecular formula is C51H32N4. The molecule has 0 atom stereocenters. The minimum atomic E-state index is 0.913. The summed E-state index contributed by atoms with van der Waals surface area (Å²) in [6.45, 7) is 0. The van der Waals surface area contributed by atoms with Gasteiger partial charge in [-0.25, -0.2) is 15.0 Å². The molecule has 0 saturated heterocycles. The highest BCUT2D eigenvalue weighted by molar-refractivity contribution is 6.16. The van der Waals surface area contributed by atoms with Gasteiger partial charge < -0.3 is 0 Å². The molecule has 11 aromatic rings. The second-order valence-corrected chi connectivity index (χ2v) is 14.0. The van der Waals surface area contributed by atoms with E-state index in [0.29, 0.717) is 0 Å². The number of pyridine rings is 2. The Morgan fingerprint density at radius 3 is 1.78 bits per heavy atom. The highest BCUT2D eigenvalue weighted by Crippen LogP contribution is 2.38. The second-order valence-electron chi connectivity index (χ2n) is 14.0. The zero-order valence-corrected chi connectivity index (χ0v) is 29.8. The van der Waals surface area contributed by atoms with Gasteiger partial charge in [0.1, 0.15) is 5.82 Å².